The maximum atomic E-state index is 12.4. The Morgan fingerprint density at radius 2 is 1.88 bits per heavy atom. The third-order valence-electron chi connectivity index (χ3n) is 5.26. The molecule has 2 aromatic carbocycles. The first-order chi connectivity index (χ1) is 15.7. The molecule has 1 saturated heterocycles. The Labute approximate surface area is 188 Å². The Morgan fingerprint density at radius 1 is 1.15 bits per heavy atom. The number of amides is 3. The van der Waals surface area contributed by atoms with Gasteiger partial charge in [0.15, 0.2) is 6.61 Å². The summed E-state index contributed by atoms with van der Waals surface area (Å²) in [7, 11) is 0. The molecule has 0 saturated carbocycles. The maximum Gasteiger partial charge on any atom is 0.311 e. The first-order valence-electron chi connectivity index (χ1n) is 10.0. The number of nitro groups is 1. The van der Waals surface area contributed by atoms with Crippen LogP contribution in [-0.2, 0) is 19.1 Å². The highest BCUT2D eigenvalue weighted by molar-refractivity contribution is 5.99. The Balaban J connectivity index is 1.54. The molecule has 1 fully saturated rings. The normalized spacial score (nSPS) is 15.2. The van der Waals surface area contributed by atoms with Crippen molar-refractivity contribution < 1.29 is 28.8 Å². The van der Waals surface area contributed by atoms with Crippen molar-refractivity contribution in [3.05, 3.63) is 69.3 Å². The van der Waals surface area contributed by atoms with Crippen LogP contribution in [0.1, 0.15) is 27.9 Å². The minimum Gasteiger partial charge on any atom is -0.455 e. The Hall–Kier alpha value is -4.28. The zero-order valence-electron chi connectivity index (χ0n) is 18.0. The molecule has 0 bridgehead atoms. The number of benzene rings is 2. The number of nitrogens with zero attached hydrogens (tertiary/aromatic N) is 2. The van der Waals surface area contributed by atoms with Crippen LogP contribution in [0.25, 0.3) is 0 Å². The summed E-state index contributed by atoms with van der Waals surface area (Å²) in [6.07, 6.45) is -0.228. The number of aryl methyl sites for hydroxylation is 1. The lowest BCUT2D eigenvalue weighted by Gasteiger charge is -2.17. The van der Waals surface area contributed by atoms with Gasteiger partial charge in [-0.25, -0.2) is 0 Å². The van der Waals surface area contributed by atoms with Crippen molar-refractivity contribution in [3.8, 4) is 0 Å². The second-order valence-corrected chi connectivity index (χ2v) is 7.52. The molecule has 0 unspecified atom stereocenters. The van der Waals surface area contributed by atoms with Crippen molar-refractivity contribution in [2.75, 3.05) is 18.5 Å². The predicted octanol–water partition coefficient (Wildman–Crippen LogP) is 1.89. The summed E-state index contributed by atoms with van der Waals surface area (Å²) in [5, 5.41) is 14.7. The highest BCUT2D eigenvalue weighted by atomic mass is 16.6. The van der Waals surface area contributed by atoms with Crippen LogP contribution in [0.15, 0.2) is 42.5 Å². The summed E-state index contributed by atoms with van der Waals surface area (Å²) in [6.45, 7) is 3.05. The molecule has 3 amide bonds. The number of carbonyl (C=O) groups is 4. The minimum atomic E-state index is -0.892. The number of esters is 1. The van der Waals surface area contributed by atoms with Gasteiger partial charge in [0.2, 0.25) is 5.91 Å². The molecule has 1 atom stereocenters. The van der Waals surface area contributed by atoms with Gasteiger partial charge in [0, 0.05) is 18.2 Å². The van der Waals surface area contributed by atoms with E-state index in [4.69, 9.17) is 4.74 Å². The van der Waals surface area contributed by atoms with Crippen molar-refractivity contribution in [2.45, 2.75) is 20.3 Å². The zero-order valence-corrected chi connectivity index (χ0v) is 18.0. The summed E-state index contributed by atoms with van der Waals surface area (Å²) < 4.78 is 5.04. The maximum absolute atomic E-state index is 12.4. The van der Waals surface area contributed by atoms with Crippen LogP contribution in [0, 0.1) is 29.9 Å². The van der Waals surface area contributed by atoms with E-state index in [1.54, 1.807) is 12.1 Å². The van der Waals surface area contributed by atoms with Crippen molar-refractivity contribution >= 4 is 35.1 Å². The molecule has 0 aromatic heterocycles. The van der Waals surface area contributed by atoms with Gasteiger partial charge < -0.3 is 10.1 Å². The average Bonchev–Trinajstić information content (AvgIpc) is 3.15. The standard InChI is InChI=1S/C22H22N4O7/c1-13-6-5-8-17(14(13)2)23-19(27)12-33-22(30)15-10-20(28)25(11-15)24-21(29)16-7-3-4-9-18(16)26(31)32/h3-9,15H,10-12H2,1-2H3,(H,23,27)(H,24,29)/t15-/m0/s1. The Morgan fingerprint density at radius 3 is 2.61 bits per heavy atom. The minimum absolute atomic E-state index is 0.178. The smallest absolute Gasteiger partial charge is 0.311 e. The number of ether oxygens (including phenoxy) is 1. The fraction of sp³-hybridized carbons (Fsp3) is 0.273. The number of rotatable bonds is 7. The summed E-state index contributed by atoms with van der Waals surface area (Å²) in [6, 6.07) is 10.7. The number of nitrogens with one attached hydrogen (secondary N) is 2. The van der Waals surface area contributed by atoms with Gasteiger partial charge in [-0.1, -0.05) is 24.3 Å². The number of nitro benzene ring substituents is 1. The fourth-order valence-electron chi connectivity index (χ4n) is 3.31. The van der Waals surface area contributed by atoms with E-state index in [1.807, 2.05) is 19.9 Å². The second kappa shape index (κ2) is 9.90. The first kappa shape index (κ1) is 23.4. The van der Waals surface area contributed by atoms with E-state index < -0.39 is 46.8 Å². The molecule has 0 radical (unpaired) electrons. The molecule has 11 heteroatoms. The van der Waals surface area contributed by atoms with E-state index in [0.717, 1.165) is 16.1 Å². The number of carbonyl (C=O) groups excluding carboxylic acids is 4. The molecule has 172 valence electrons. The zero-order chi connectivity index (χ0) is 24.1. The van der Waals surface area contributed by atoms with Crippen LogP contribution in [0.3, 0.4) is 0 Å². The van der Waals surface area contributed by atoms with E-state index in [0.29, 0.717) is 5.69 Å². The number of anilines is 1. The molecule has 3 rings (SSSR count). The number of hydrogen-bond acceptors (Lipinski definition) is 7. The summed E-state index contributed by atoms with van der Waals surface area (Å²) in [5.74, 6) is -3.58. The highest BCUT2D eigenvalue weighted by Crippen LogP contribution is 2.21. The van der Waals surface area contributed by atoms with Gasteiger partial charge in [-0.15, -0.1) is 0 Å². The third-order valence-corrected chi connectivity index (χ3v) is 5.26. The van der Waals surface area contributed by atoms with Gasteiger partial charge in [-0.3, -0.25) is 39.7 Å². The summed E-state index contributed by atoms with van der Waals surface area (Å²) in [4.78, 5) is 59.5. The first-order valence-corrected chi connectivity index (χ1v) is 10.0. The summed E-state index contributed by atoms with van der Waals surface area (Å²) >= 11 is 0. The van der Waals surface area contributed by atoms with Crippen molar-refractivity contribution in [2.24, 2.45) is 5.92 Å². The van der Waals surface area contributed by atoms with Crippen LogP contribution >= 0.6 is 0 Å². The molecule has 2 aromatic rings. The molecule has 1 aliphatic heterocycles. The topological polar surface area (TPSA) is 148 Å². The lowest BCUT2D eigenvalue weighted by molar-refractivity contribution is -0.385. The lowest BCUT2D eigenvalue weighted by atomic mass is 10.1. The van der Waals surface area contributed by atoms with E-state index in [-0.39, 0.29) is 18.5 Å². The van der Waals surface area contributed by atoms with Gasteiger partial charge in [-0.05, 0) is 37.1 Å². The Kier molecular flexibility index (Phi) is 7.01. The van der Waals surface area contributed by atoms with E-state index in [9.17, 15) is 29.3 Å². The van der Waals surface area contributed by atoms with E-state index in [1.165, 1.54) is 24.3 Å². The lowest BCUT2D eigenvalue weighted by Crippen LogP contribution is -2.43. The SMILES string of the molecule is Cc1cccc(NC(=O)COC(=O)[C@H]2CC(=O)N(NC(=O)c3ccccc3[N+](=O)[O-])C2)c1C. The van der Waals surface area contributed by atoms with Crippen LogP contribution in [0.2, 0.25) is 0 Å². The molecular weight excluding hydrogens is 432 g/mol. The monoisotopic (exact) mass is 454 g/mol. The van der Waals surface area contributed by atoms with Crippen LogP contribution in [0.5, 0.6) is 0 Å². The van der Waals surface area contributed by atoms with Gasteiger partial charge in [0.05, 0.1) is 17.4 Å². The molecule has 33 heavy (non-hydrogen) atoms. The van der Waals surface area contributed by atoms with Gasteiger partial charge in [0.1, 0.15) is 5.56 Å². The molecule has 0 aliphatic carbocycles. The largest absolute Gasteiger partial charge is 0.455 e. The average molecular weight is 454 g/mol. The van der Waals surface area contributed by atoms with Crippen LogP contribution in [-0.4, -0.2) is 46.8 Å². The number of hydrogen-bond donors (Lipinski definition) is 2. The molecule has 2 N–H and O–H groups in total. The highest BCUT2D eigenvalue weighted by Gasteiger charge is 2.37. The van der Waals surface area contributed by atoms with E-state index in [2.05, 4.69) is 10.7 Å². The van der Waals surface area contributed by atoms with Gasteiger partial charge in [0.25, 0.3) is 17.5 Å². The summed E-state index contributed by atoms with van der Waals surface area (Å²) in [5.41, 5.74) is 4.16. The second-order valence-electron chi connectivity index (χ2n) is 7.52. The quantitative estimate of drug-likeness (QED) is 0.369. The molecule has 1 aliphatic rings. The van der Waals surface area contributed by atoms with Crippen molar-refractivity contribution in [3.63, 3.8) is 0 Å². The number of hydrazine groups is 1. The van der Waals surface area contributed by atoms with Crippen LogP contribution in [0.4, 0.5) is 11.4 Å². The molecular formula is C22H22N4O7. The molecule has 0 spiro atoms. The van der Waals surface area contributed by atoms with Crippen molar-refractivity contribution in [1.82, 2.24) is 10.4 Å². The Bertz CT molecular complexity index is 1130. The third kappa shape index (κ3) is 5.50. The van der Waals surface area contributed by atoms with Crippen LogP contribution < -0.4 is 10.7 Å². The van der Waals surface area contributed by atoms with Crippen molar-refractivity contribution in [1.29, 1.82) is 0 Å². The van der Waals surface area contributed by atoms with E-state index >= 15 is 0 Å². The molecule has 1 heterocycles. The van der Waals surface area contributed by atoms with Gasteiger partial charge >= 0.3 is 5.97 Å². The van der Waals surface area contributed by atoms with Gasteiger partial charge in [-0.2, -0.15) is 0 Å². The fourth-order valence-corrected chi connectivity index (χ4v) is 3.31. The predicted molar refractivity (Wildman–Crippen MR) is 116 cm³/mol. The molecule has 11 nitrogen and oxygen atoms in total. The number of para-hydroxylation sites is 1.